The predicted molar refractivity (Wildman–Crippen MR) is 233 cm³/mol. The van der Waals surface area contributed by atoms with Gasteiger partial charge in [0.25, 0.3) is 0 Å². The van der Waals surface area contributed by atoms with Gasteiger partial charge in [0.15, 0.2) is 12.5 Å². The summed E-state index contributed by atoms with van der Waals surface area (Å²) in [6.45, 7) is 4.18. The Bertz CT molecular complexity index is 2450. The lowest BCUT2D eigenvalue weighted by molar-refractivity contribution is 0.0287. The van der Waals surface area contributed by atoms with Crippen molar-refractivity contribution in [3.63, 3.8) is 0 Å². The fourth-order valence-corrected chi connectivity index (χ4v) is 11.1. The summed E-state index contributed by atoms with van der Waals surface area (Å²) < 4.78 is 86.3. The van der Waals surface area contributed by atoms with Crippen molar-refractivity contribution in [3.05, 3.63) is 117 Å². The zero-order valence-corrected chi connectivity index (χ0v) is 37.9. The van der Waals surface area contributed by atoms with Crippen LogP contribution < -0.4 is 19.5 Å². The number of aliphatic imine (C=N–C) groups is 1. The fourth-order valence-electron chi connectivity index (χ4n) is 6.52. The van der Waals surface area contributed by atoms with E-state index in [9.17, 15) is 18.0 Å². The number of amides is 2. The number of carbonyl (C=O) groups is 2. The second kappa shape index (κ2) is 19.3. The Balaban J connectivity index is 1.41. The van der Waals surface area contributed by atoms with Crippen LogP contribution in [-0.4, -0.2) is 95.7 Å². The topological polar surface area (TPSA) is 207 Å². The number of azo groups is 1. The minimum absolute atomic E-state index is 0.0554. The van der Waals surface area contributed by atoms with Gasteiger partial charge in [-0.15, -0.1) is 5.11 Å². The van der Waals surface area contributed by atoms with Crippen LogP contribution >= 0.6 is 22.6 Å². The molecule has 2 atom stereocenters. The van der Waals surface area contributed by atoms with Crippen LogP contribution in [0.2, 0.25) is 0 Å². The van der Waals surface area contributed by atoms with Crippen LogP contribution in [0.15, 0.2) is 116 Å². The summed E-state index contributed by atoms with van der Waals surface area (Å²) in [7, 11) is -6.57. The second-order valence-electron chi connectivity index (χ2n) is 15.0. The molecule has 2 heterocycles. The number of nitrogens with one attached hydrogen (secondary N) is 2. The number of likely N-dealkylation sites (tertiary alicyclic amines) is 1. The maximum atomic E-state index is 15.4. The van der Waals surface area contributed by atoms with Gasteiger partial charge in [-0.1, -0.05) is 54.6 Å². The van der Waals surface area contributed by atoms with Gasteiger partial charge in [-0.05, 0) is 96.5 Å². The van der Waals surface area contributed by atoms with Crippen LogP contribution in [0.1, 0.15) is 43.0 Å². The van der Waals surface area contributed by atoms with E-state index in [1.165, 1.54) is 35.6 Å². The van der Waals surface area contributed by atoms with Crippen LogP contribution in [0.4, 0.5) is 9.59 Å². The third-order valence-electron chi connectivity index (χ3n) is 9.46. The molecule has 0 aliphatic carbocycles. The standard InChI is InChI=1S/C41H46IN7O10S2/c1-41(2,3)59-40(51)48-23-33(45-39(50)58-25-29-9-7-6-8-10-29)34(24-48)47-60(52,53)35-20-19-32(42)36(38-43-26-44-46-38)37(35)61(54,55)49(21-27-11-15-30(56-4)16-12-27)22-28-13-17-31(57-5)18-14-28/h6-20,33-34,47H,21-26H2,1-5H3,(H,45,50)/t33-,34+/m1/s1. The Morgan fingerprint density at radius 3 is 1.95 bits per heavy atom. The molecule has 4 aromatic rings. The zero-order valence-electron chi connectivity index (χ0n) is 34.1. The predicted octanol–water partition coefficient (Wildman–Crippen LogP) is 6.06. The van der Waals surface area contributed by atoms with Gasteiger partial charge in [0.2, 0.25) is 20.0 Å². The Hall–Kier alpha value is -5.16. The Kier molecular flexibility index (Phi) is 14.3. The molecule has 0 radical (unpaired) electrons. The van der Waals surface area contributed by atoms with E-state index in [1.54, 1.807) is 93.6 Å². The monoisotopic (exact) mass is 987 g/mol. The van der Waals surface area contributed by atoms with Gasteiger partial charge in [0.05, 0.1) is 31.9 Å². The van der Waals surface area contributed by atoms with E-state index in [0.29, 0.717) is 26.2 Å². The number of ether oxygens (including phenoxy) is 4. The first-order valence-corrected chi connectivity index (χ1v) is 23.0. The molecule has 2 amide bonds. The molecule has 6 rings (SSSR count). The van der Waals surface area contributed by atoms with Crippen molar-refractivity contribution in [2.45, 2.75) is 67.9 Å². The van der Waals surface area contributed by atoms with Crippen molar-refractivity contribution in [1.29, 1.82) is 0 Å². The van der Waals surface area contributed by atoms with Crippen molar-refractivity contribution in [3.8, 4) is 11.5 Å². The van der Waals surface area contributed by atoms with Gasteiger partial charge >= 0.3 is 12.2 Å². The van der Waals surface area contributed by atoms with Gasteiger partial charge in [-0.25, -0.2) is 36.1 Å². The molecule has 2 N–H and O–H groups in total. The van der Waals surface area contributed by atoms with Crippen molar-refractivity contribution in [2.24, 2.45) is 15.2 Å². The van der Waals surface area contributed by atoms with E-state index in [-0.39, 0.29) is 50.9 Å². The van der Waals surface area contributed by atoms with Gasteiger partial charge in [-0.3, -0.25) is 0 Å². The number of halogens is 1. The summed E-state index contributed by atoms with van der Waals surface area (Å²) in [6.07, 6.45) is -1.60. The molecule has 20 heteroatoms. The first-order chi connectivity index (χ1) is 29.0. The molecule has 324 valence electrons. The van der Waals surface area contributed by atoms with Crippen LogP contribution in [0.3, 0.4) is 0 Å². The molecule has 61 heavy (non-hydrogen) atoms. The lowest BCUT2D eigenvalue weighted by Crippen LogP contribution is -2.51. The second-order valence-corrected chi connectivity index (χ2v) is 19.7. The minimum Gasteiger partial charge on any atom is -0.497 e. The minimum atomic E-state index is -4.82. The number of sulfonamides is 2. The average Bonchev–Trinajstić information content (AvgIpc) is 3.90. The molecule has 1 fully saturated rings. The average molecular weight is 988 g/mol. The normalized spacial score (nSPS) is 16.6. The summed E-state index contributed by atoms with van der Waals surface area (Å²) in [5, 5.41) is 10.7. The number of carbonyl (C=O) groups excluding carboxylic acids is 2. The molecule has 0 saturated carbocycles. The van der Waals surface area contributed by atoms with E-state index in [2.05, 4.69) is 25.3 Å². The third kappa shape index (κ3) is 11.4. The number of amidine groups is 1. The first-order valence-electron chi connectivity index (χ1n) is 19.0. The van der Waals surface area contributed by atoms with Crippen LogP contribution in [0.25, 0.3) is 0 Å². The Labute approximate surface area is 368 Å². The molecular formula is C41H46IN7O10S2. The highest BCUT2D eigenvalue weighted by Gasteiger charge is 2.43. The SMILES string of the molecule is COc1ccc(CN(Cc2ccc(OC)cc2)S(=O)(=O)c2c(S(=O)(=O)N[C@H]3CN(C(=O)OC(C)(C)C)C[C@H]3NC(=O)OCc3ccccc3)ccc(I)c2C2=NCN=N2)cc1. The summed E-state index contributed by atoms with van der Waals surface area (Å²) in [6, 6.07) is 23.1. The first kappa shape index (κ1) is 45.4. The smallest absolute Gasteiger partial charge is 0.410 e. The van der Waals surface area contributed by atoms with Crippen molar-refractivity contribution >= 4 is 60.7 Å². The number of hydrogen-bond acceptors (Lipinski definition) is 13. The third-order valence-corrected chi connectivity index (χ3v) is 13.9. The zero-order chi connectivity index (χ0) is 44.0. The highest BCUT2D eigenvalue weighted by molar-refractivity contribution is 14.1. The van der Waals surface area contributed by atoms with Gasteiger partial charge in [0, 0.05) is 29.7 Å². The molecule has 4 aromatic carbocycles. The largest absolute Gasteiger partial charge is 0.497 e. The van der Waals surface area contributed by atoms with Crippen molar-refractivity contribution in [2.75, 3.05) is 34.0 Å². The van der Waals surface area contributed by atoms with E-state index in [0.717, 1.165) is 5.56 Å². The summed E-state index contributed by atoms with van der Waals surface area (Å²) >= 11 is 1.92. The highest BCUT2D eigenvalue weighted by atomic mass is 127. The lowest BCUT2D eigenvalue weighted by atomic mass is 10.2. The number of benzene rings is 4. The van der Waals surface area contributed by atoms with E-state index >= 15 is 8.42 Å². The van der Waals surface area contributed by atoms with Crippen LogP contribution in [0.5, 0.6) is 11.5 Å². The number of alkyl carbamates (subject to hydrolysis) is 1. The molecule has 0 spiro atoms. The summed E-state index contributed by atoms with van der Waals surface area (Å²) in [5.74, 6) is 1.06. The molecule has 0 aromatic heterocycles. The van der Waals surface area contributed by atoms with Gasteiger partial charge < -0.3 is 29.2 Å². The molecule has 17 nitrogen and oxygen atoms in total. The summed E-state index contributed by atoms with van der Waals surface area (Å²) in [4.78, 5) is 30.8. The quantitative estimate of drug-likeness (QED) is 0.132. The highest BCUT2D eigenvalue weighted by Crippen LogP contribution is 2.35. The molecule has 2 aliphatic heterocycles. The maximum absolute atomic E-state index is 15.4. The van der Waals surface area contributed by atoms with Gasteiger partial charge in [0.1, 0.15) is 33.5 Å². The van der Waals surface area contributed by atoms with E-state index in [4.69, 9.17) is 18.9 Å². The molecular weight excluding hydrogens is 942 g/mol. The lowest BCUT2D eigenvalue weighted by Gasteiger charge is -2.27. The van der Waals surface area contributed by atoms with Gasteiger partial charge in [-0.2, -0.15) is 9.42 Å². The van der Waals surface area contributed by atoms with Crippen LogP contribution in [-0.2, 0) is 49.2 Å². The maximum Gasteiger partial charge on any atom is 0.410 e. The molecule has 1 saturated heterocycles. The Morgan fingerprint density at radius 2 is 1.41 bits per heavy atom. The number of rotatable bonds is 15. The fraction of sp³-hybridized carbons (Fsp3) is 0.341. The number of nitrogens with zero attached hydrogens (tertiary/aromatic N) is 5. The molecule has 2 aliphatic rings. The Morgan fingerprint density at radius 1 is 0.820 bits per heavy atom. The summed E-state index contributed by atoms with van der Waals surface area (Å²) in [5.41, 5.74) is 0.967. The van der Waals surface area contributed by atoms with E-state index < -0.39 is 59.7 Å². The van der Waals surface area contributed by atoms with Crippen molar-refractivity contribution < 1.29 is 45.4 Å². The van der Waals surface area contributed by atoms with E-state index in [1.807, 2.05) is 28.7 Å². The number of hydrogen-bond donors (Lipinski definition) is 2. The number of methoxy groups -OCH3 is 2. The molecule has 0 unspecified atom stereocenters. The van der Waals surface area contributed by atoms with Crippen molar-refractivity contribution in [1.82, 2.24) is 19.2 Å². The van der Waals surface area contributed by atoms with Crippen LogP contribution in [0, 0.1) is 3.57 Å². The molecule has 0 bridgehead atoms.